The molecule has 2 aromatic carbocycles. The molecular formula is C13H12S. The van der Waals surface area contributed by atoms with Crippen molar-refractivity contribution in [3.8, 4) is 0 Å². The maximum Gasteiger partial charge on any atom is 0.0158 e. The second-order valence-corrected chi connectivity index (χ2v) is 4.14. The maximum atomic E-state index is 3.73. The topological polar surface area (TPSA) is 0 Å². The van der Waals surface area contributed by atoms with Crippen LogP contribution in [0.2, 0.25) is 0 Å². The Kier molecular flexibility index (Phi) is 2.90. The molecule has 0 radical (unpaired) electrons. The molecule has 70 valence electrons. The van der Waals surface area contributed by atoms with Crippen LogP contribution in [-0.4, -0.2) is 5.75 Å². The van der Waals surface area contributed by atoms with Gasteiger partial charge in [0.25, 0.3) is 0 Å². The molecule has 14 heavy (non-hydrogen) atoms. The van der Waals surface area contributed by atoms with Crippen LogP contribution < -0.4 is 0 Å². The number of hydrogen-bond donors (Lipinski definition) is 0. The Hall–Kier alpha value is -1.21. The van der Waals surface area contributed by atoms with E-state index < -0.39 is 0 Å². The summed E-state index contributed by atoms with van der Waals surface area (Å²) >= 11 is 1.83. The highest BCUT2D eigenvalue weighted by molar-refractivity contribution is 7.99. The lowest BCUT2D eigenvalue weighted by Crippen LogP contribution is -1.77. The van der Waals surface area contributed by atoms with E-state index in [0.717, 1.165) is 5.75 Å². The zero-order chi connectivity index (χ0) is 9.80. The summed E-state index contributed by atoms with van der Waals surface area (Å²) < 4.78 is 0. The molecule has 0 unspecified atom stereocenters. The Bertz CT molecular complexity index is 440. The Morgan fingerprint density at radius 3 is 2.71 bits per heavy atom. The second kappa shape index (κ2) is 4.34. The van der Waals surface area contributed by atoms with Crippen molar-refractivity contribution in [3.63, 3.8) is 0 Å². The highest BCUT2D eigenvalue weighted by Crippen LogP contribution is 2.27. The minimum atomic E-state index is 0.966. The van der Waals surface area contributed by atoms with Gasteiger partial charge >= 0.3 is 0 Å². The Morgan fingerprint density at radius 2 is 1.86 bits per heavy atom. The molecule has 2 rings (SSSR count). The van der Waals surface area contributed by atoms with Crippen LogP contribution in [0.15, 0.2) is 60.0 Å². The number of rotatable bonds is 3. The molecule has 0 amide bonds. The van der Waals surface area contributed by atoms with Crippen LogP contribution in [-0.2, 0) is 0 Å². The Labute approximate surface area is 88.6 Å². The number of hydrogen-bond acceptors (Lipinski definition) is 1. The zero-order valence-corrected chi connectivity index (χ0v) is 8.76. The minimum Gasteiger partial charge on any atom is -0.121 e. The van der Waals surface area contributed by atoms with Crippen LogP contribution in [0, 0.1) is 0 Å². The third-order valence-electron chi connectivity index (χ3n) is 2.11. The van der Waals surface area contributed by atoms with Crippen LogP contribution in [0.25, 0.3) is 10.8 Å². The van der Waals surface area contributed by atoms with Gasteiger partial charge in [-0.1, -0.05) is 42.5 Å². The van der Waals surface area contributed by atoms with Gasteiger partial charge in [-0.15, -0.1) is 18.3 Å². The first kappa shape index (κ1) is 9.35. The molecule has 0 N–H and O–H groups in total. The largest absolute Gasteiger partial charge is 0.121 e. The molecule has 0 aromatic heterocycles. The van der Waals surface area contributed by atoms with Crippen molar-refractivity contribution < 1.29 is 0 Å². The van der Waals surface area contributed by atoms with E-state index in [-0.39, 0.29) is 0 Å². The molecule has 0 aliphatic rings. The highest BCUT2D eigenvalue weighted by Gasteiger charge is 1.98. The van der Waals surface area contributed by atoms with E-state index in [4.69, 9.17) is 0 Å². The average Bonchev–Trinajstić information content (AvgIpc) is 2.26. The van der Waals surface area contributed by atoms with Crippen LogP contribution in [0.5, 0.6) is 0 Å². The van der Waals surface area contributed by atoms with Crippen molar-refractivity contribution in [2.75, 3.05) is 5.75 Å². The first-order valence-corrected chi connectivity index (χ1v) is 5.62. The summed E-state index contributed by atoms with van der Waals surface area (Å²) in [6.45, 7) is 3.73. The normalized spacial score (nSPS) is 10.3. The lowest BCUT2D eigenvalue weighted by atomic mass is 10.1. The minimum absolute atomic E-state index is 0.966. The standard InChI is InChI=1S/C13H12S/c1-2-10-14-13-9-5-7-11-6-3-4-8-12(11)13/h2-9H,1,10H2. The smallest absolute Gasteiger partial charge is 0.0158 e. The van der Waals surface area contributed by atoms with E-state index in [9.17, 15) is 0 Å². The van der Waals surface area contributed by atoms with Crippen LogP contribution >= 0.6 is 11.8 Å². The summed E-state index contributed by atoms with van der Waals surface area (Å²) in [6.07, 6.45) is 1.94. The molecule has 0 aliphatic carbocycles. The molecule has 0 bridgehead atoms. The molecule has 0 aliphatic heterocycles. The third-order valence-corrected chi connectivity index (χ3v) is 3.18. The van der Waals surface area contributed by atoms with Crippen LogP contribution in [0.1, 0.15) is 0 Å². The van der Waals surface area contributed by atoms with Crippen molar-refractivity contribution in [2.24, 2.45) is 0 Å². The molecule has 1 heteroatoms. The molecule has 0 fully saturated rings. The Balaban J connectivity index is 2.48. The first-order valence-electron chi connectivity index (χ1n) is 4.63. The van der Waals surface area contributed by atoms with Gasteiger partial charge < -0.3 is 0 Å². The number of fused-ring (bicyclic) bond motifs is 1. The summed E-state index contributed by atoms with van der Waals surface area (Å²) in [5.74, 6) is 0.966. The molecule has 0 atom stereocenters. The van der Waals surface area contributed by atoms with E-state index >= 15 is 0 Å². The molecule has 2 aromatic rings. The predicted octanol–water partition coefficient (Wildman–Crippen LogP) is 4.12. The van der Waals surface area contributed by atoms with Gasteiger partial charge in [0.15, 0.2) is 0 Å². The van der Waals surface area contributed by atoms with Crippen molar-refractivity contribution in [3.05, 3.63) is 55.1 Å². The van der Waals surface area contributed by atoms with Gasteiger partial charge in [-0.25, -0.2) is 0 Å². The van der Waals surface area contributed by atoms with Gasteiger partial charge in [0.1, 0.15) is 0 Å². The number of benzene rings is 2. The molecule has 0 heterocycles. The highest BCUT2D eigenvalue weighted by atomic mass is 32.2. The van der Waals surface area contributed by atoms with Crippen LogP contribution in [0.3, 0.4) is 0 Å². The number of thioether (sulfide) groups is 1. The van der Waals surface area contributed by atoms with E-state index in [1.807, 2.05) is 17.8 Å². The van der Waals surface area contributed by atoms with Gasteiger partial charge in [0, 0.05) is 10.6 Å². The van der Waals surface area contributed by atoms with Gasteiger partial charge in [-0.2, -0.15) is 0 Å². The van der Waals surface area contributed by atoms with Gasteiger partial charge in [-0.05, 0) is 16.8 Å². The zero-order valence-electron chi connectivity index (χ0n) is 7.94. The summed E-state index contributed by atoms with van der Waals surface area (Å²) in [7, 11) is 0. The molecule has 0 spiro atoms. The monoisotopic (exact) mass is 200 g/mol. The average molecular weight is 200 g/mol. The lowest BCUT2D eigenvalue weighted by Gasteiger charge is -2.03. The summed E-state index contributed by atoms with van der Waals surface area (Å²) in [5, 5.41) is 2.64. The molecule has 0 saturated heterocycles. The first-order chi connectivity index (χ1) is 6.92. The lowest BCUT2D eigenvalue weighted by molar-refractivity contribution is 1.54. The van der Waals surface area contributed by atoms with E-state index in [1.165, 1.54) is 15.7 Å². The molecular weight excluding hydrogens is 188 g/mol. The summed E-state index contributed by atoms with van der Waals surface area (Å²) in [6, 6.07) is 14.9. The SMILES string of the molecule is C=CCSc1cccc2ccccc12. The van der Waals surface area contributed by atoms with E-state index in [2.05, 4.69) is 49.0 Å². The fraction of sp³-hybridized carbons (Fsp3) is 0.0769. The van der Waals surface area contributed by atoms with Crippen molar-refractivity contribution in [2.45, 2.75) is 4.90 Å². The summed E-state index contributed by atoms with van der Waals surface area (Å²) in [5.41, 5.74) is 0. The quantitative estimate of drug-likeness (QED) is 0.530. The summed E-state index contributed by atoms with van der Waals surface area (Å²) in [4.78, 5) is 1.34. The predicted molar refractivity (Wildman–Crippen MR) is 64.9 cm³/mol. The van der Waals surface area contributed by atoms with Crippen molar-refractivity contribution >= 4 is 22.5 Å². The fourth-order valence-electron chi connectivity index (χ4n) is 1.47. The maximum absolute atomic E-state index is 3.73. The van der Waals surface area contributed by atoms with Gasteiger partial charge in [0.05, 0.1) is 0 Å². The van der Waals surface area contributed by atoms with E-state index in [1.54, 1.807) is 0 Å². The Morgan fingerprint density at radius 1 is 1.07 bits per heavy atom. The fourth-order valence-corrected chi connectivity index (χ4v) is 2.28. The van der Waals surface area contributed by atoms with Crippen LogP contribution in [0.4, 0.5) is 0 Å². The van der Waals surface area contributed by atoms with Gasteiger partial charge in [-0.3, -0.25) is 0 Å². The van der Waals surface area contributed by atoms with E-state index in [0.29, 0.717) is 0 Å². The van der Waals surface area contributed by atoms with Crippen molar-refractivity contribution in [1.82, 2.24) is 0 Å². The second-order valence-electron chi connectivity index (χ2n) is 3.08. The third kappa shape index (κ3) is 1.83. The van der Waals surface area contributed by atoms with Gasteiger partial charge in [0.2, 0.25) is 0 Å². The molecule has 0 saturated carbocycles. The van der Waals surface area contributed by atoms with Crippen molar-refractivity contribution in [1.29, 1.82) is 0 Å². The molecule has 0 nitrogen and oxygen atoms in total.